The zero-order valence-electron chi connectivity index (χ0n) is 12.4. The largest absolute Gasteiger partial charge is 0.477 e. The second kappa shape index (κ2) is 7.35. The van der Waals surface area contributed by atoms with Crippen LogP contribution in [0.15, 0.2) is 48.5 Å². The van der Waals surface area contributed by atoms with Crippen LogP contribution in [-0.2, 0) is 4.79 Å². The molecule has 1 N–H and O–H groups in total. The first-order valence-corrected chi connectivity index (χ1v) is 6.88. The molecule has 0 aliphatic heterocycles. The van der Waals surface area contributed by atoms with Crippen molar-refractivity contribution in [3.63, 3.8) is 0 Å². The Balaban J connectivity index is 1.93. The third-order valence-corrected chi connectivity index (χ3v) is 3.17. The number of nitro benzene ring substituents is 1. The molecule has 0 heterocycles. The average molecular weight is 318 g/mol. The molecule has 0 unspecified atom stereocenters. The van der Waals surface area contributed by atoms with E-state index in [0.717, 1.165) is 5.56 Å². The summed E-state index contributed by atoms with van der Waals surface area (Å²) in [5.74, 6) is -0.756. The van der Waals surface area contributed by atoms with Crippen molar-refractivity contribution < 1.29 is 18.8 Å². The van der Waals surface area contributed by atoms with Crippen LogP contribution < -0.4 is 10.1 Å². The van der Waals surface area contributed by atoms with Crippen LogP contribution in [0.2, 0.25) is 0 Å². The maximum atomic E-state index is 12.9. The van der Waals surface area contributed by atoms with Gasteiger partial charge in [0.25, 0.3) is 5.91 Å². The van der Waals surface area contributed by atoms with Crippen molar-refractivity contribution in [1.29, 1.82) is 0 Å². The van der Waals surface area contributed by atoms with Crippen molar-refractivity contribution in [1.82, 2.24) is 5.32 Å². The summed E-state index contributed by atoms with van der Waals surface area (Å²) in [6.45, 7) is 1.40. The van der Waals surface area contributed by atoms with Crippen LogP contribution in [0.3, 0.4) is 0 Å². The first-order chi connectivity index (χ1) is 11.0. The number of amides is 1. The van der Waals surface area contributed by atoms with Crippen LogP contribution in [0, 0.1) is 15.9 Å². The lowest BCUT2D eigenvalue weighted by Crippen LogP contribution is -2.31. The summed E-state index contributed by atoms with van der Waals surface area (Å²) < 4.78 is 18.1. The average Bonchev–Trinajstić information content (AvgIpc) is 2.53. The molecular formula is C16H15FN2O4. The molecule has 2 aromatic carbocycles. The number of nitrogens with one attached hydrogen (secondary N) is 1. The summed E-state index contributed by atoms with van der Waals surface area (Å²) in [7, 11) is 0. The number of nitro groups is 1. The van der Waals surface area contributed by atoms with Crippen LogP contribution >= 0.6 is 0 Å². The zero-order chi connectivity index (χ0) is 16.8. The van der Waals surface area contributed by atoms with Gasteiger partial charge in [0, 0.05) is 6.07 Å². The summed E-state index contributed by atoms with van der Waals surface area (Å²) in [6.07, 6.45) is 0. The third-order valence-electron chi connectivity index (χ3n) is 3.17. The number of carbonyl (C=O) groups excluding carboxylic acids is 1. The van der Waals surface area contributed by atoms with Crippen molar-refractivity contribution in [2.75, 3.05) is 6.61 Å². The van der Waals surface area contributed by atoms with Gasteiger partial charge in [0.15, 0.2) is 12.4 Å². The number of para-hydroxylation sites is 2. The number of ether oxygens (including phenoxy) is 1. The lowest BCUT2D eigenvalue weighted by Gasteiger charge is -2.14. The van der Waals surface area contributed by atoms with Gasteiger partial charge in [-0.2, -0.15) is 0 Å². The second-order valence-corrected chi connectivity index (χ2v) is 4.85. The molecule has 0 radical (unpaired) electrons. The van der Waals surface area contributed by atoms with E-state index in [1.54, 1.807) is 25.1 Å². The Kier molecular flexibility index (Phi) is 5.24. The highest BCUT2D eigenvalue weighted by molar-refractivity contribution is 5.78. The second-order valence-electron chi connectivity index (χ2n) is 4.85. The molecule has 7 heteroatoms. The normalized spacial score (nSPS) is 11.6. The van der Waals surface area contributed by atoms with Gasteiger partial charge in [-0.3, -0.25) is 14.9 Å². The van der Waals surface area contributed by atoms with Gasteiger partial charge in [-0.15, -0.1) is 0 Å². The van der Waals surface area contributed by atoms with Crippen LogP contribution in [-0.4, -0.2) is 17.4 Å². The van der Waals surface area contributed by atoms with Gasteiger partial charge >= 0.3 is 5.69 Å². The van der Waals surface area contributed by atoms with Crippen molar-refractivity contribution in [2.45, 2.75) is 13.0 Å². The van der Waals surface area contributed by atoms with Gasteiger partial charge in [-0.05, 0) is 30.7 Å². The molecule has 0 aromatic heterocycles. The number of benzene rings is 2. The van der Waals surface area contributed by atoms with Crippen LogP contribution in [0.5, 0.6) is 5.75 Å². The summed E-state index contributed by atoms with van der Waals surface area (Å²) in [5, 5.41) is 13.5. The van der Waals surface area contributed by atoms with Gasteiger partial charge in [-0.1, -0.05) is 24.3 Å². The van der Waals surface area contributed by atoms with Crippen LogP contribution in [0.4, 0.5) is 10.1 Å². The van der Waals surface area contributed by atoms with E-state index in [4.69, 9.17) is 4.74 Å². The van der Waals surface area contributed by atoms with E-state index in [-0.39, 0.29) is 29.9 Å². The molecule has 0 saturated carbocycles. The monoisotopic (exact) mass is 318 g/mol. The summed E-state index contributed by atoms with van der Waals surface area (Å²) in [5.41, 5.74) is 0.539. The molecule has 0 bridgehead atoms. The Morgan fingerprint density at radius 2 is 1.91 bits per heavy atom. The first kappa shape index (κ1) is 16.4. The van der Waals surface area contributed by atoms with Gasteiger partial charge in [-0.25, -0.2) is 4.39 Å². The SMILES string of the molecule is C[C@@H](NC(=O)COc1ccccc1[N+](=O)[O-])c1ccc(F)cc1. The third kappa shape index (κ3) is 4.50. The molecule has 1 amide bonds. The predicted octanol–water partition coefficient (Wildman–Crippen LogP) is 2.99. The lowest BCUT2D eigenvalue weighted by atomic mass is 10.1. The highest BCUT2D eigenvalue weighted by Crippen LogP contribution is 2.25. The number of hydrogen-bond acceptors (Lipinski definition) is 4. The van der Waals surface area contributed by atoms with Gasteiger partial charge in [0.2, 0.25) is 0 Å². The van der Waals surface area contributed by atoms with Crippen molar-refractivity contribution in [2.24, 2.45) is 0 Å². The Morgan fingerprint density at radius 1 is 1.26 bits per heavy atom. The number of carbonyl (C=O) groups is 1. The quantitative estimate of drug-likeness (QED) is 0.656. The van der Waals surface area contributed by atoms with E-state index in [1.807, 2.05) is 0 Å². The molecule has 0 spiro atoms. The van der Waals surface area contributed by atoms with Gasteiger partial charge in [0.05, 0.1) is 11.0 Å². The molecule has 0 saturated heterocycles. The van der Waals surface area contributed by atoms with E-state index in [0.29, 0.717) is 0 Å². The Labute approximate surface area is 132 Å². The smallest absolute Gasteiger partial charge is 0.310 e. The lowest BCUT2D eigenvalue weighted by molar-refractivity contribution is -0.385. The van der Waals surface area contributed by atoms with Crippen LogP contribution in [0.25, 0.3) is 0 Å². The molecule has 2 rings (SSSR count). The number of nitrogens with zero attached hydrogens (tertiary/aromatic N) is 1. The maximum absolute atomic E-state index is 12.9. The summed E-state index contributed by atoms with van der Waals surface area (Å²) >= 11 is 0. The zero-order valence-corrected chi connectivity index (χ0v) is 12.4. The predicted molar refractivity (Wildman–Crippen MR) is 81.5 cm³/mol. The van der Waals surface area contributed by atoms with E-state index < -0.39 is 10.8 Å². The molecule has 23 heavy (non-hydrogen) atoms. The molecule has 0 aliphatic carbocycles. The molecule has 0 fully saturated rings. The van der Waals surface area contributed by atoms with Crippen LogP contribution in [0.1, 0.15) is 18.5 Å². The molecule has 6 nitrogen and oxygen atoms in total. The topological polar surface area (TPSA) is 81.5 Å². The van der Waals surface area contributed by atoms with E-state index in [1.165, 1.54) is 30.3 Å². The molecule has 1 atom stereocenters. The van der Waals surface area contributed by atoms with Crippen molar-refractivity contribution >= 4 is 11.6 Å². The van der Waals surface area contributed by atoms with E-state index >= 15 is 0 Å². The van der Waals surface area contributed by atoms with Gasteiger partial charge < -0.3 is 10.1 Å². The Bertz CT molecular complexity index is 703. The minimum absolute atomic E-state index is 0.0297. The standard InChI is InChI=1S/C16H15FN2O4/c1-11(12-6-8-13(17)9-7-12)18-16(20)10-23-15-5-3-2-4-14(15)19(21)22/h2-9,11H,10H2,1H3,(H,18,20)/t11-/m1/s1. The highest BCUT2D eigenvalue weighted by Gasteiger charge is 2.16. The van der Waals surface area contributed by atoms with E-state index in [9.17, 15) is 19.3 Å². The number of rotatable bonds is 6. The molecule has 2 aromatic rings. The highest BCUT2D eigenvalue weighted by atomic mass is 19.1. The van der Waals surface area contributed by atoms with Crippen molar-refractivity contribution in [3.05, 3.63) is 70.0 Å². The minimum atomic E-state index is -0.575. The number of halogens is 1. The van der Waals surface area contributed by atoms with Gasteiger partial charge in [0.1, 0.15) is 5.82 Å². The Morgan fingerprint density at radius 3 is 2.57 bits per heavy atom. The Hall–Kier alpha value is -2.96. The maximum Gasteiger partial charge on any atom is 0.310 e. The minimum Gasteiger partial charge on any atom is -0.477 e. The first-order valence-electron chi connectivity index (χ1n) is 6.88. The van der Waals surface area contributed by atoms with Crippen molar-refractivity contribution in [3.8, 4) is 5.75 Å². The molecule has 120 valence electrons. The fourth-order valence-electron chi connectivity index (χ4n) is 1.99. The summed E-state index contributed by atoms with van der Waals surface area (Å²) in [6, 6.07) is 11.2. The fraction of sp³-hybridized carbons (Fsp3) is 0.188. The van der Waals surface area contributed by atoms with E-state index in [2.05, 4.69) is 5.32 Å². The summed E-state index contributed by atoms with van der Waals surface area (Å²) in [4.78, 5) is 22.1. The molecular weight excluding hydrogens is 303 g/mol. The number of hydrogen-bond donors (Lipinski definition) is 1. The molecule has 0 aliphatic rings. The fourth-order valence-corrected chi connectivity index (χ4v) is 1.99.